The van der Waals surface area contributed by atoms with Crippen LogP contribution in [0.5, 0.6) is 11.5 Å². The van der Waals surface area contributed by atoms with Crippen LogP contribution in [0.3, 0.4) is 0 Å². The van der Waals surface area contributed by atoms with Crippen LogP contribution < -0.4 is 4.74 Å². The van der Waals surface area contributed by atoms with Crippen molar-refractivity contribution in [1.82, 2.24) is 9.97 Å². The van der Waals surface area contributed by atoms with Crippen LogP contribution in [-0.2, 0) is 0 Å². The lowest BCUT2D eigenvalue weighted by Gasteiger charge is -2.05. The van der Waals surface area contributed by atoms with Crippen LogP contribution in [-0.4, -0.2) is 9.97 Å². The molecule has 0 fully saturated rings. The lowest BCUT2D eigenvalue weighted by Crippen LogP contribution is -1.85. The van der Waals surface area contributed by atoms with Crippen LogP contribution in [0.1, 0.15) is 0 Å². The fourth-order valence-corrected chi connectivity index (χ4v) is 1.66. The van der Waals surface area contributed by atoms with E-state index in [-0.39, 0.29) is 0 Å². The second-order valence-electron chi connectivity index (χ2n) is 3.64. The van der Waals surface area contributed by atoms with Gasteiger partial charge in [-0.05, 0) is 36.4 Å². The normalized spacial score (nSPS) is 10.4. The molecule has 0 radical (unpaired) electrons. The van der Waals surface area contributed by atoms with Crippen molar-refractivity contribution in [2.75, 3.05) is 0 Å². The van der Waals surface area contributed by atoms with Crippen molar-refractivity contribution in [2.45, 2.75) is 0 Å². The molecule has 0 aliphatic heterocycles. The number of pyridine rings is 2. The highest BCUT2D eigenvalue weighted by atomic mass is 16.5. The predicted molar refractivity (Wildman–Crippen MR) is 66.1 cm³/mol. The molecule has 2 aromatic heterocycles. The van der Waals surface area contributed by atoms with Gasteiger partial charge in [0.15, 0.2) is 0 Å². The fourth-order valence-electron chi connectivity index (χ4n) is 1.66. The van der Waals surface area contributed by atoms with E-state index in [0.717, 1.165) is 22.4 Å². The van der Waals surface area contributed by atoms with E-state index in [0.29, 0.717) is 0 Å². The van der Waals surface area contributed by atoms with Gasteiger partial charge in [-0.3, -0.25) is 9.97 Å². The van der Waals surface area contributed by atoms with Gasteiger partial charge >= 0.3 is 0 Å². The first-order chi connectivity index (χ1) is 8.42. The molecule has 0 aliphatic carbocycles. The molecule has 0 amide bonds. The maximum absolute atomic E-state index is 5.72. The summed E-state index contributed by atoms with van der Waals surface area (Å²) in [5.74, 6) is 1.58. The van der Waals surface area contributed by atoms with E-state index < -0.39 is 0 Å². The summed E-state index contributed by atoms with van der Waals surface area (Å²) < 4.78 is 5.72. The Balaban J connectivity index is 1.96. The van der Waals surface area contributed by atoms with Crippen molar-refractivity contribution in [1.29, 1.82) is 0 Å². The maximum Gasteiger partial charge on any atom is 0.130 e. The summed E-state index contributed by atoms with van der Waals surface area (Å²) in [6.45, 7) is 0. The van der Waals surface area contributed by atoms with Gasteiger partial charge in [0.25, 0.3) is 0 Å². The number of benzene rings is 1. The molecule has 1 aromatic carbocycles. The monoisotopic (exact) mass is 222 g/mol. The zero-order valence-electron chi connectivity index (χ0n) is 9.08. The zero-order chi connectivity index (χ0) is 11.5. The van der Waals surface area contributed by atoms with Crippen LogP contribution in [0.25, 0.3) is 10.9 Å². The van der Waals surface area contributed by atoms with Crippen molar-refractivity contribution < 1.29 is 4.74 Å². The third-order valence-electron chi connectivity index (χ3n) is 2.46. The molecule has 0 saturated heterocycles. The number of hydrogen-bond donors (Lipinski definition) is 0. The molecule has 0 aliphatic rings. The minimum atomic E-state index is 0.781. The van der Waals surface area contributed by atoms with Crippen molar-refractivity contribution in [3.8, 4) is 11.5 Å². The van der Waals surface area contributed by atoms with Crippen molar-refractivity contribution >= 4 is 10.9 Å². The van der Waals surface area contributed by atoms with Gasteiger partial charge in [0.2, 0.25) is 0 Å². The third kappa shape index (κ3) is 2.08. The summed E-state index contributed by atoms with van der Waals surface area (Å²) in [6, 6.07) is 13.4. The molecule has 3 aromatic rings. The van der Waals surface area contributed by atoms with Gasteiger partial charge in [0, 0.05) is 24.0 Å². The molecule has 0 spiro atoms. The summed E-state index contributed by atoms with van der Waals surface area (Å²) in [6.07, 6.45) is 5.20. The lowest BCUT2D eigenvalue weighted by atomic mass is 10.2. The summed E-state index contributed by atoms with van der Waals surface area (Å²) >= 11 is 0. The molecule has 0 N–H and O–H groups in total. The Hall–Kier alpha value is -2.42. The summed E-state index contributed by atoms with van der Waals surface area (Å²) in [5.41, 5.74) is 0.967. The van der Waals surface area contributed by atoms with Crippen LogP contribution in [0.4, 0.5) is 0 Å². The van der Waals surface area contributed by atoms with Gasteiger partial charge in [0.1, 0.15) is 11.5 Å². The predicted octanol–water partition coefficient (Wildman–Crippen LogP) is 3.42. The lowest BCUT2D eigenvalue weighted by molar-refractivity contribution is 0.482. The van der Waals surface area contributed by atoms with Crippen LogP contribution in [0.2, 0.25) is 0 Å². The highest BCUT2D eigenvalue weighted by Gasteiger charge is 1.99. The SMILES string of the molecule is c1cnc2ccc(Oc3ccncc3)cc2c1. The van der Waals surface area contributed by atoms with Crippen LogP contribution in [0.15, 0.2) is 61.1 Å². The molecule has 0 atom stereocenters. The van der Waals surface area contributed by atoms with Gasteiger partial charge in [-0.2, -0.15) is 0 Å². The average molecular weight is 222 g/mol. The number of hydrogen-bond acceptors (Lipinski definition) is 3. The van der Waals surface area contributed by atoms with Crippen molar-refractivity contribution in [2.24, 2.45) is 0 Å². The molecular weight excluding hydrogens is 212 g/mol. The Bertz CT molecular complexity index is 638. The van der Waals surface area contributed by atoms with E-state index in [1.807, 2.05) is 42.5 Å². The van der Waals surface area contributed by atoms with Gasteiger partial charge in [0.05, 0.1) is 5.52 Å². The molecule has 2 heterocycles. The molecule has 0 bridgehead atoms. The Labute approximate surface area is 98.7 Å². The van der Waals surface area contributed by atoms with Gasteiger partial charge in [-0.1, -0.05) is 6.07 Å². The van der Waals surface area contributed by atoms with E-state index in [9.17, 15) is 0 Å². The van der Waals surface area contributed by atoms with Crippen molar-refractivity contribution in [3.05, 3.63) is 61.1 Å². The average Bonchev–Trinajstić information content (AvgIpc) is 2.40. The van der Waals surface area contributed by atoms with Gasteiger partial charge in [-0.15, -0.1) is 0 Å². The zero-order valence-corrected chi connectivity index (χ0v) is 9.08. The molecule has 3 nitrogen and oxygen atoms in total. The highest BCUT2D eigenvalue weighted by molar-refractivity contribution is 5.79. The topological polar surface area (TPSA) is 35.0 Å². The van der Waals surface area contributed by atoms with E-state index >= 15 is 0 Å². The molecule has 0 saturated carbocycles. The minimum absolute atomic E-state index is 0.781. The van der Waals surface area contributed by atoms with E-state index in [1.54, 1.807) is 18.6 Å². The Morgan fingerprint density at radius 2 is 1.71 bits per heavy atom. The number of fused-ring (bicyclic) bond motifs is 1. The number of ether oxygens (including phenoxy) is 1. The standard InChI is InChI=1S/C14H10N2O/c1-2-11-10-13(3-4-14(11)16-7-1)17-12-5-8-15-9-6-12/h1-10H. The summed E-state index contributed by atoms with van der Waals surface area (Å²) in [7, 11) is 0. The molecule has 17 heavy (non-hydrogen) atoms. The first-order valence-corrected chi connectivity index (χ1v) is 5.34. The summed E-state index contributed by atoms with van der Waals surface area (Å²) in [4.78, 5) is 8.21. The first-order valence-electron chi connectivity index (χ1n) is 5.34. The molecule has 3 heteroatoms. The number of nitrogens with zero attached hydrogens (tertiary/aromatic N) is 2. The molecule has 82 valence electrons. The third-order valence-corrected chi connectivity index (χ3v) is 2.46. The largest absolute Gasteiger partial charge is 0.457 e. The molecular formula is C14H10N2O. The Morgan fingerprint density at radius 3 is 2.59 bits per heavy atom. The fraction of sp³-hybridized carbons (Fsp3) is 0. The van der Waals surface area contributed by atoms with Crippen LogP contribution in [0, 0.1) is 0 Å². The van der Waals surface area contributed by atoms with Gasteiger partial charge < -0.3 is 4.74 Å². The summed E-state index contributed by atoms with van der Waals surface area (Å²) in [5, 5.41) is 1.07. The minimum Gasteiger partial charge on any atom is -0.457 e. The second-order valence-corrected chi connectivity index (χ2v) is 3.64. The van der Waals surface area contributed by atoms with E-state index in [4.69, 9.17) is 4.74 Å². The number of rotatable bonds is 2. The Morgan fingerprint density at radius 1 is 0.824 bits per heavy atom. The Kier molecular flexibility index (Phi) is 2.43. The number of aromatic nitrogens is 2. The van der Waals surface area contributed by atoms with E-state index in [2.05, 4.69) is 9.97 Å². The van der Waals surface area contributed by atoms with Crippen molar-refractivity contribution in [3.63, 3.8) is 0 Å². The smallest absolute Gasteiger partial charge is 0.130 e. The first kappa shape index (κ1) is 9.78. The molecule has 0 unspecified atom stereocenters. The second kappa shape index (κ2) is 4.22. The van der Waals surface area contributed by atoms with Crippen LogP contribution >= 0.6 is 0 Å². The highest BCUT2D eigenvalue weighted by Crippen LogP contribution is 2.23. The quantitative estimate of drug-likeness (QED) is 0.666. The van der Waals surface area contributed by atoms with Gasteiger partial charge in [-0.25, -0.2) is 0 Å². The molecule has 3 rings (SSSR count). The van der Waals surface area contributed by atoms with E-state index in [1.165, 1.54) is 0 Å². The maximum atomic E-state index is 5.72.